The van der Waals surface area contributed by atoms with E-state index in [9.17, 15) is 14.4 Å². The summed E-state index contributed by atoms with van der Waals surface area (Å²) in [5.41, 5.74) is 27.2. The maximum absolute atomic E-state index is 15.5. The second-order valence-electron chi connectivity index (χ2n) is 23.0. The minimum Gasteiger partial charge on any atom is -0.379 e. The van der Waals surface area contributed by atoms with Crippen LogP contribution >= 0.6 is 0 Å². The van der Waals surface area contributed by atoms with Crippen LogP contribution in [-0.2, 0) is 30.9 Å². The van der Waals surface area contributed by atoms with E-state index in [1.54, 1.807) is 65.9 Å². The molecule has 0 spiro atoms. The van der Waals surface area contributed by atoms with Crippen molar-refractivity contribution < 1.29 is 23.5 Å². The van der Waals surface area contributed by atoms with Crippen molar-refractivity contribution in [2.24, 2.45) is 0 Å². The number of amides is 6. The summed E-state index contributed by atoms with van der Waals surface area (Å²) < 4.78 is 26.3. The lowest BCUT2D eigenvalue weighted by atomic mass is 10.0. The normalized spacial score (nSPS) is 11.9. The summed E-state index contributed by atoms with van der Waals surface area (Å²) in [6, 6.07) is 49.3. The molecule has 1 aliphatic heterocycles. The fourth-order valence-corrected chi connectivity index (χ4v) is 10.7. The average Bonchev–Trinajstić information content (AvgIpc) is 1.70. The molecule has 0 radical (unpaired) electrons. The van der Waals surface area contributed by atoms with Gasteiger partial charge in [-0.2, -0.15) is 15.3 Å². The fourth-order valence-electron chi connectivity index (χ4n) is 10.7. The van der Waals surface area contributed by atoms with Gasteiger partial charge in [-0.15, -0.1) is 0 Å². The molecular weight excluding hydrogens is 1250 g/mol. The first-order chi connectivity index (χ1) is 48.1. The molecule has 13 rings (SSSR count). The topological polar surface area (TPSA) is 306 Å². The van der Waals surface area contributed by atoms with Gasteiger partial charge in [-0.25, -0.2) is 38.7 Å². The molecule has 0 bridgehead atoms. The van der Waals surface area contributed by atoms with Crippen LogP contribution in [0.25, 0.3) is 67.4 Å². The molecule has 1 fully saturated rings. The Hall–Kier alpha value is -12.5. The van der Waals surface area contributed by atoms with Crippen molar-refractivity contribution in [1.82, 2.24) is 59.2 Å². The molecule has 1 saturated heterocycles. The van der Waals surface area contributed by atoms with Gasteiger partial charge in [0.05, 0.1) is 30.3 Å². The van der Waals surface area contributed by atoms with Gasteiger partial charge < -0.3 is 48.1 Å². The third-order valence-corrected chi connectivity index (χ3v) is 15.8. The van der Waals surface area contributed by atoms with E-state index in [0.717, 1.165) is 95.4 Å². The van der Waals surface area contributed by atoms with Gasteiger partial charge in [0.1, 0.15) is 17.1 Å². The van der Waals surface area contributed by atoms with Gasteiger partial charge in [0.15, 0.2) is 5.82 Å². The highest BCUT2D eigenvalue weighted by Gasteiger charge is 2.22. The molecule has 0 saturated carbocycles. The smallest absolute Gasteiger partial charge is 0.323 e. The molecule has 6 aromatic heterocycles. The summed E-state index contributed by atoms with van der Waals surface area (Å²) in [4.78, 5) is 60.4. The number of nitrogen functional groups attached to an aromatic ring is 2. The van der Waals surface area contributed by atoms with Crippen LogP contribution in [0.2, 0.25) is 0 Å². The lowest BCUT2D eigenvalue weighted by molar-refractivity contribution is 0.0342. The summed E-state index contributed by atoms with van der Waals surface area (Å²) in [7, 11) is 0. The number of anilines is 8. The molecule has 0 unspecified atom stereocenters. The zero-order chi connectivity index (χ0) is 69.2. The van der Waals surface area contributed by atoms with Crippen molar-refractivity contribution >= 4 is 64.1 Å². The van der Waals surface area contributed by atoms with Crippen molar-refractivity contribution in [3.05, 3.63) is 230 Å². The van der Waals surface area contributed by atoms with Crippen LogP contribution in [0.1, 0.15) is 37.5 Å². The van der Waals surface area contributed by atoms with Gasteiger partial charge >= 0.3 is 18.1 Å². The Labute approximate surface area is 571 Å². The summed E-state index contributed by atoms with van der Waals surface area (Å²) in [5, 5.41) is 30.8. The molecule has 7 heterocycles. The Morgan fingerprint density at radius 2 is 0.899 bits per heavy atom. The predicted octanol–water partition coefficient (Wildman–Crippen LogP) is 14.4. The number of nitrogens with one attached hydrogen (secondary N) is 6. The van der Waals surface area contributed by atoms with E-state index in [1.807, 2.05) is 159 Å². The van der Waals surface area contributed by atoms with Crippen LogP contribution in [0.3, 0.4) is 0 Å². The third-order valence-electron chi connectivity index (χ3n) is 15.8. The first-order valence-electron chi connectivity index (χ1n) is 32.2. The Morgan fingerprint density at radius 3 is 1.39 bits per heavy atom. The molecule has 1 aliphatic rings. The number of aryl methyl sites for hydroxylation is 5. The first-order valence-corrected chi connectivity index (χ1v) is 32.2. The quantitative estimate of drug-likeness (QED) is 0.0420. The predicted molar refractivity (Wildman–Crippen MR) is 387 cm³/mol. The number of morpholine rings is 1. The summed E-state index contributed by atoms with van der Waals surface area (Å²) >= 11 is 0. The van der Waals surface area contributed by atoms with Crippen LogP contribution in [0.4, 0.5) is 64.8 Å². The molecule has 0 aliphatic carbocycles. The van der Waals surface area contributed by atoms with Gasteiger partial charge in [-0.05, 0) is 142 Å². The minimum atomic E-state index is -0.578. The number of urea groups is 3. The second-order valence-corrected chi connectivity index (χ2v) is 23.0. The van der Waals surface area contributed by atoms with Crippen molar-refractivity contribution in [3.8, 4) is 67.4 Å². The summed E-state index contributed by atoms with van der Waals surface area (Å²) in [6.07, 6.45) is 12.4. The van der Waals surface area contributed by atoms with E-state index >= 15 is 4.39 Å². The zero-order valence-electron chi connectivity index (χ0n) is 55.3. The van der Waals surface area contributed by atoms with E-state index in [2.05, 4.69) is 91.0 Å². The minimum absolute atomic E-state index is 0.0458. The number of aromatic nitrogens is 11. The molecule has 99 heavy (non-hydrogen) atoms. The van der Waals surface area contributed by atoms with E-state index in [1.165, 1.54) is 17.8 Å². The summed E-state index contributed by atoms with van der Waals surface area (Å²) in [6.45, 7) is 16.4. The number of hydrogen-bond acceptors (Lipinski definition) is 15. The van der Waals surface area contributed by atoms with Crippen LogP contribution in [0.5, 0.6) is 0 Å². The summed E-state index contributed by atoms with van der Waals surface area (Å²) in [5.74, 6) is -0.286. The van der Waals surface area contributed by atoms with Gasteiger partial charge in [-0.3, -0.25) is 23.9 Å². The van der Waals surface area contributed by atoms with E-state index in [0.29, 0.717) is 58.5 Å². The molecule has 0 atom stereocenters. The number of pyridine rings is 1. The molecule has 10 N–H and O–H groups in total. The van der Waals surface area contributed by atoms with Gasteiger partial charge in [-0.1, -0.05) is 83.9 Å². The van der Waals surface area contributed by atoms with Crippen LogP contribution < -0.4 is 43.4 Å². The Bertz CT molecular complexity index is 4730. The Balaban J connectivity index is 0.000000151. The molecule has 24 nitrogen and oxygen atoms in total. The lowest BCUT2D eigenvalue weighted by Gasteiger charge is -2.26. The number of nitrogens with zero attached hydrogens (tertiary/aromatic N) is 12. The highest BCUT2D eigenvalue weighted by molar-refractivity contribution is 6.02. The number of ether oxygens (including phenoxy) is 1. The van der Waals surface area contributed by atoms with E-state index < -0.39 is 11.8 Å². The van der Waals surface area contributed by atoms with E-state index in [-0.39, 0.29) is 35.2 Å². The lowest BCUT2D eigenvalue weighted by Crippen LogP contribution is -2.35. The van der Waals surface area contributed by atoms with Crippen molar-refractivity contribution in [1.29, 1.82) is 0 Å². The molecule has 6 amide bonds. The number of rotatable bonds is 17. The largest absolute Gasteiger partial charge is 0.379 e. The SMILES string of the molecule is CCn1cc(-c2cccc(NC(=O)Nc3ccc(C)cc3)c2)c(-c2ccnc(N)n2)n1.CCn1cc(-c2cccc(NC(=O)Nc3ccc(C)cc3)c2F)c(-c2ccnc(N)n2)n1.CCn1cc(-c2cccc(NC(=O)Nc3ccc(CN4CCOCC4)cc3)c2)c(-c2ccncc2)n1. The van der Waals surface area contributed by atoms with Crippen LogP contribution in [-0.4, -0.2) is 104 Å². The standard InChI is InChI=1S/C28H30N6O2.C23H22FN7O.C23H23N7O/c1-2-34-20-26(27(32-34)22-10-12-29-13-11-22)23-4-3-5-25(18-23)31-28(35)30-24-8-6-21(7-9-24)19-33-14-16-36-17-15-33;1-3-31-13-17(21(30-31)19-11-12-26-22(25)28-19)16-5-4-6-18(20(16)24)29-23(32)27-15-9-7-14(2)8-10-15;1-3-30-14-19(21(29-30)20-11-12-25-22(24)28-20)16-5-4-6-18(13-16)27-23(31)26-17-9-7-15(2)8-10-17/h3-13,18,20H,2,14-17,19H2,1H3,(H2,30,31,35);4-13H,3H2,1-2H3,(H2,25,26,28)(H2,27,29,32);4-14H,3H2,1-2H3,(H2,24,25,28)(H2,26,27,31). The van der Waals surface area contributed by atoms with Crippen molar-refractivity contribution in [2.45, 2.75) is 60.8 Å². The van der Waals surface area contributed by atoms with Gasteiger partial charge in [0.2, 0.25) is 11.9 Å². The van der Waals surface area contributed by atoms with E-state index in [4.69, 9.17) is 21.3 Å². The maximum Gasteiger partial charge on any atom is 0.323 e. The number of hydrogen-bond donors (Lipinski definition) is 8. The molecule has 6 aromatic carbocycles. The van der Waals surface area contributed by atoms with Crippen molar-refractivity contribution in [3.63, 3.8) is 0 Å². The van der Waals surface area contributed by atoms with Crippen LogP contribution in [0, 0.1) is 19.7 Å². The second kappa shape index (κ2) is 32.3. The highest BCUT2D eigenvalue weighted by Crippen LogP contribution is 2.37. The van der Waals surface area contributed by atoms with Crippen LogP contribution in [0.15, 0.2) is 207 Å². The molecule has 502 valence electrons. The Kier molecular flexibility index (Phi) is 22.2. The number of carbonyl (C=O) groups excluding carboxylic acids is 3. The monoisotopic (exact) mass is 1330 g/mol. The number of benzene rings is 6. The fraction of sp³-hybridized carbons (Fsp3) is 0.176. The number of nitrogens with two attached hydrogens (primary N) is 2. The zero-order valence-corrected chi connectivity index (χ0v) is 55.3. The number of carbonyl (C=O) groups is 3. The third kappa shape index (κ3) is 18.1. The maximum atomic E-state index is 15.5. The molecular formula is C74H75FN20O4. The number of halogens is 1. The first kappa shape index (κ1) is 67.9. The van der Waals surface area contributed by atoms with Gasteiger partial charge in [0, 0.05) is 139 Å². The molecule has 12 aromatic rings. The van der Waals surface area contributed by atoms with Crippen molar-refractivity contribution in [2.75, 3.05) is 69.7 Å². The Morgan fingerprint density at radius 1 is 0.465 bits per heavy atom. The van der Waals surface area contributed by atoms with Gasteiger partial charge in [0.25, 0.3) is 0 Å². The molecule has 25 heteroatoms. The average molecular weight is 1330 g/mol. The highest BCUT2D eigenvalue weighted by atomic mass is 19.1.